The van der Waals surface area contributed by atoms with Gasteiger partial charge in [-0.1, -0.05) is 30.3 Å². The number of aryl methyl sites for hydroxylation is 1. The van der Waals surface area contributed by atoms with Crippen LogP contribution in [0.25, 0.3) is 0 Å². The summed E-state index contributed by atoms with van der Waals surface area (Å²) in [5.74, 6) is 2.57. The third-order valence-electron chi connectivity index (χ3n) is 6.51. The molecule has 1 saturated carbocycles. The van der Waals surface area contributed by atoms with Gasteiger partial charge in [-0.2, -0.15) is 4.98 Å². The molecule has 7 heteroatoms. The van der Waals surface area contributed by atoms with Gasteiger partial charge >= 0.3 is 0 Å². The number of aliphatic hydroxyl groups excluding tert-OH is 1. The molecule has 32 heavy (non-hydrogen) atoms. The third kappa shape index (κ3) is 6.74. The Balaban J connectivity index is 1.72. The van der Waals surface area contributed by atoms with Gasteiger partial charge in [-0.15, -0.1) is 0 Å². The first-order valence-electron chi connectivity index (χ1n) is 11.7. The Morgan fingerprint density at radius 3 is 2.53 bits per heavy atom. The number of aromatic nitrogens is 2. The number of anilines is 2. The summed E-state index contributed by atoms with van der Waals surface area (Å²) in [5.41, 5.74) is 7.54. The maximum atomic E-state index is 10.8. The summed E-state index contributed by atoms with van der Waals surface area (Å²) >= 11 is 0. The standard InChI is InChI=1S/C25H37N5O2/c1-25(2,21-6-4-3-5-7-21)30-24-28-16-20(12-13-22(32)17-31)23(29-24)27-15-19-10-8-18(14-26)9-11-19/h3-7,16-19,22,32H,8-15,26H2,1-2H3,(H2,27,28,29,30). The van der Waals surface area contributed by atoms with Crippen molar-refractivity contribution in [2.75, 3.05) is 23.7 Å². The van der Waals surface area contributed by atoms with E-state index in [1.54, 1.807) is 6.20 Å². The van der Waals surface area contributed by atoms with E-state index in [0.29, 0.717) is 36.9 Å². The van der Waals surface area contributed by atoms with Crippen LogP contribution >= 0.6 is 0 Å². The smallest absolute Gasteiger partial charge is 0.225 e. The van der Waals surface area contributed by atoms with E-state index in [1.807, 2.05) is 18.2 Å². The number of nitrogens with one attached hydrogen (secondary N) is 2. The lowest BCUT2D eigenvalue weighted by Gasteiger charge is -2.29. The molecular weight excluding hydrogens is 402 g/mol. The normalized spacial score (nSPS) is 19.9. The van der Waals surface area contributed by atoms with E-state index >= 15 is 0 Å². The largest absolute Gasteiger partial charge is 0.386 e. The lowest BCUT2D eigenvalue weighted by atomic mass is 9.82. The number of hydrogen-bond donors (Lipinski definition) is 4. The van der Waals surface area contributed by atoms with Crippen LogP contribution in [0, 0.1) is 11.8 Å². The molecule has 0 radical (unpaired) electrons. The summed E-state index contributed by atoms with van der Waals surface area (Å²) in [6, 6.07) is 10.2. The molecule has 0 amide bonds. The van der Waals surface area contributed by atoms with E-state index in [0.717, 1.165) is 30.0 Å². The number of nitrogens with two attached hydrogens (primary N) is 1. The number of carbonyl (C=O) groups is 1. The summed E-state index contributed by atoms with van der Waals surface area (Å²) in [6.07, 6.45) is 6.99. The first kappa shape index (κ1) is 24.1. The Hall–Kier alpha value is -2.51. The van der Waals surface area contributed by atoms with E-state index in [-0.39, 0.29) is 5.54 Å². The van der Waals surface area contributed by atoms with Crippen molar-refractivity contribution in [1.29, 1.82) is 0 Å². The number of hydrogen-bond acceptors (Lipinski definition) is 7. The van der Waals surface area contributed by atoms with Crippen LogP contribution in [0.4, 0.5) is 11.8 Å². The predicted octanol–water partition coefficient (Wildman–Crippen LogP) is 3.49. The van der Waals surface area contributed by atoms with Crippen LogP contribution in [0.1, 0.15) is 57.1 Å². The zero-order valence-electron chi connectivity index (χ0n) is 19.3. The van der Waals surface area contributed by atoms with Crippen LogP contribution in [0.5, 0.6) is 0 Å². The Kier molecular flexibility index (Phi) is 8.59. The van der Waals surface area contributed by atoms with Gasteiger partial charge in [0.15, 0.2) is 0 Å². The average Bonchev–Trinajstić information content (AvgIpc) is 2.82. The fraction of sp³-hybridized carbons (Fsp3) is 0.560. The highest BCUT2D eigenvalue weighted by molar-refractivity contribution is 5.56. The number of benzene rings is 1. The molecule has 0 saturated heterocycles. The van der Waals surface area contributed by atoms with E-state index in [4.69, 9.17) is 10.7 Å². The van der Waals surface area contributed by atoms with Gasteiger partial charge in [0.05, 0.1) is 5.54 Å². The Bertz CT molecular complexity index is 851. The van der Waals surface area contributed by atoms with E-state index < -0.39 is 6.10 Å². The van der Waals surface area contributed by atoms with E-state index in [9.17, 15) is 9.90 Å². The highest BCUT2D eigenvalue weighted by Crippen LogP contribution is 2.29. The van der Waals surface area contributed by atoms with Gasteiger partial charge in [-0.05, 0) is 76.3 Å². The van der Waals surface area contributed by atoms with E-state index in [2.05, 4.69) is 41.6 Å². The van der Waals surface area contributed by atoms with Gasteiger partial charge in [-0.3, -0.25) is 0 Å². The molecule has 1 fully saturated rings. The summed E-state index contributed by atoms with van der Waals surface area (Å²) in [7, 11) is 0. The number of rotatable bonds is 11. The third-order valence-corrected chi connectivity index (χ3v) is 6.51. The minimum atomic E-state index is -0.968. The van der Waals surface area contributed by atoms with Gasteiger partial charge < -0.3 is 26.3 Å². The van der Waals surface area contributed by atoms with Crippen LogP contribution in [0.3, 0.4) is 0 Å². The highest BCUT2D eigenvalue weighted by Gasteiger charge is 2.23. The van der Waals surface area contributed by atoms with Crippen molar-refractivity contribution in [3.8, 4) is 0 Å². The molecule has 1 aromatic carbocycles. The first-order chi connectivity index (χ1) is 15.4. The molecular formula is C25H37N5O2. The van der Waals surface area contributed by atoms with Crippen LogP contribution in [-0.2, 0) is 16.8 Å². The van der Waals surface area contributed by atoms with Gasteiger partial charge in [0.2, 0.25) is 5.95 Å². The van der Waals surface area contributed by atoms with Crippen LogP contribution in [-0.4, -0.2) is 40.6 Å². The molecule has 2 aromatic rings. The second kappa shape index (κ2) is 11.4. The maximum absolute atomic E-state index is 10.8. The Morgan fingerprint density at radius 2 is 1.88 bits per heavy atom. The zero-order valence-corrected chi connectivity index (χ0v) is 19.3. The van der Waals surface area contributed by atoms with Crippen molar-refractivity contribution in [3.63, 3.8) is 0 Å². The molecule has 1 aliphatic rings. The molecule has 174 valence electrons. The van der Waals surface area contributed by atoms with Gasteiger partial charge in [0.1, 0.15) is 18.2 Å². The molecule has 1 aliphatic carbocycles. The lowest BCUT2D eigenvalue weighted by Crippen LogP contribution is -2.29. The first-order valence-corrected chi connectivity index (χ1v) is 11.7. The van der Waals surface area contributed by atoms with Crippen molar-refractivity contribution >= 4 is 18.1 Å². The molecule has 0 aliphatic heterocycles. The summed E-state index contributed by atoms with van der Waals surface area (Å²) < 4.78 is 0. The molecule has 1 aromatic heterocycles. The Morgan fingerprint density at radius 1 is 1.19 bits per heavy atom. The van der Waals surface area contributed by atoms with Gasteiger partial charge in [-0.25, -0.2) is 4.98 Å². The van der Waals surface area contributed by atoms with Crippen molar-refractivity contribution in [1.82, 2.24) is 9.97 Å². The SMILES string of the molecule is CC(C)(Nc1ncc(CCC(O)C=O)c(NCC2CCC(CN)CC2)n1)c1ccccc1. The van der Waals surface area contributed by atoms with Crippen molar-refractivity contribution in [3.05, 3.63) is 47.7 Å². The number of aliphatic hydroxyl groups is 1. The molecule has 1 heterocycles. The second-order valence-corrected chi connectivity index (χ2v) is 9.43. The molecule has 1 unspecified atom stereocenters. The predicted molar refractivity (Wildman–Crippen MR) is 129 cm³/mol. The number of aldehydes is 1. The van der Waals surface area contributed by atoms with E-state index in [1.165, 1.54) is 25.7 Å². The number of carbonyl (C=O) groups excluding carboxylic acids is 1. The minimum absolute atomic E-state index is 0.339. The van der Waals surface area contributed by atoms with Crippen LogP contribution in [0.15, 0.2) is 36.5 Å². The van der Waals surface area contributed by atoms with Crippen LogP contribution < -0.4 is 16.4 Å². The average molecular weight is 440 g/mol. The summed E-state index contributed by atoms with van der Waals surface area (Å²) in [4.78, 5) is 20.1. The molecule has 1 atom stereocenters. The van der Waals surface area contributed by atoms with Gasteiger partial charge in [0.25, 0.3) is 0 Å². The topological polar surface area (TPSA) is 113 Å². The molecule has 7 nitrogen and oxygen atoms in total. The molecule has 0 spiro atoms. The molecule has 3 rings (SSSR count). The fourth-order valence-electron chi connectivity index (χ4n) is 4.29. The molecule has 5 N–H and O–H groups in total. The van der Waals surface area contributed by atoms with Crippen molar-refractivity contribution in [2.24, 2.45) is 17.6 Å². The summed E-state index contributed by atoms with van der Waals surface area (Å²) in [5, 5.41) is 16.7. The summed E-state index contributed by atoms with van der Waals surface area (Å²) in [6.45, 7) is 5.83. The van der Waals surface area contributed by atoms with Crippen LogP contribution in [0.2, 0.25) is 0 Å². The second-order valence-electron chi connectivity index (χ2n) is 9.43. The zero-order chi connectivity index (χ0) is 23.0. The highest BCUT2D eigenvalue weighted by atomic mass is 16.3. The van der Waals surface area contributed by atoms with Crippen molar-refractivity contribution in [2.45, 2.75) is 64.0 Å². The maximum Gasteiger partial charge on any atom is 0.225 e. The Labute approximate surface area is 191 Å². The van der Waals surface area contributed by atoms with Gasteiger partial charge in [0, 0.05) is 18.3 Å². The monoisotopic (exact) mass is 439 g/mol. The lowest BCUT2D eigenvalue weighted by molar-refractivity contribution is -0.115. The molecule has 0 bridgehead atoms. The van der Waals surface area contributed by atoms with Crippen molar-refractivity contribution < 1.29 is 9.90 Å². The fourth-order valence-corrected chi connectivity index (χ4v) is 4.29. The minimum Gasteiger partial charge on any atom is -0.386 e. The number of nitrogens with zero attached hydrogens (tertiary/aromatic N) is 2. The quantitative estimate of drug-likeness (QED) is 0.396.